The molecule has 4 saturated carbocycles. The van der Waals surface area contributed by atoms with E-state index in [4.69, 9.17) is 0 Å². The summed E-state index contributed by atoms with van der Waals surface area (Å²) < 4.78 is 0. The van der Waals surface area contributed by atoms with E-state index in [1.807, 2.05) is 0 Å². The second kappa shape index (κ2) is 6.01. The van der Waals surface area contributed by atoms with Crippen molar-refractivity contribution < 1.29 is 0 Å². The van der Waals surface area contributed by atoms with Gasteiger partial charge in [0.1, 0.15) is 0 Å². The van der Waals surface area contributed by atoms with Crippen LogP contribution in [0.4, 0.5) is 0 Å². The molecule has 6 atom stereocenters. The monoisotopic (exact) mass is 274 g/mol. The van der Waals surface area contributed by atoms with Gasteiger partial charge in [-0.1, -0.05) is 57.8 Å². The van der Waals surface area contributed by atoms with E-state index in [2.05, 4.69) is 0 Å². The Morgan fingerprint density at radius 2 is 0.900 bits per heavy atom. The minimum absolute atomic E-state index is 1.14. The summed E-state index contributed by atoms with van der Waals surface area (Å²) in [5, 5.41) is 0. The van der Waals surface area contributed by atoms with Crippen molar-refractivity contribution in [3.05, 3.63) is 0 Å². The molecule has 0 aromatic rings. The summed E-state index contributed by atoms with van der Waals surface area (Å²) in [5.41, 5.74) is 0. The van der Waals surface area contributed by atoms with Crippen molar-refractivity contribution in [3.8, 4) is 0 Å². The Morgan fingerprint density at radius 3 is 1.80 bits per heavy atom. The van der Waals surface area contributed by atoms with Gasteiger partial charge in [-0.15, -0.1) is 0 Å². The number of hydrogen-bond acceptors (Lipinski definition) is 0. The molecular weight excluding hydrogens is 240 g/mol. The first-order valence-electron chi connectivity index (χ1n) is 9.92. The molecule has 4 fully saturated rings. The summed E-state index contributed by atoms with van der Waals surface area (Å²) in [7, 11) is 0. The van der Waals surface area contributed by atoms with Gasteiger partial charge in [0.15, 0.2) is 0 Å². The maximum Gasteiger partial charge on any atom is -0.0355 e. The minimum atomic E-state index is 1.14. The molecule has 4 aliphatic carbocycles. The highest BCUT2D eigenvalue weighted by molar-refractivity contribution is 4.92. The summed E-state index contributed by atoms with van der Waals surface area (Å²) >= 11 is 0. The maximum absolute atomic E-state index is 1.64. The standard InChI is InChI=1S/C20H34/c1-2-8-17-14-18(13-12-15(17)6-1)20-11-5-9-16-7-3-4-10-19(16)20/h15-20H,1-14H2/t15-,16?,17-,18-,19?,20?/m1/s1. The van der Waals surface area contributed by atoms with Crippen LogP contribution in [0.2, 0.25) is 0 Å². The molecule has 114 valence electrons. The smallest absolute Gasteiger partial charge is 0.0355 e. The number of fused-ring (bicyclic) bond motifs is 2. The lowest BCUT2D eigenvalue weighted by Crippen LogP contribution is -2.39. The summed E-state index contributed by atoms with van der Waals surface area (Å²) in [4.78, 5) is 0. The molecule has 4 aliphatic rings. The first-order chi connectivity index (χ1) is 9.92. The zero-order chi connectivity index (χ0) is 13.4. The van der Waals surface area contributed by atoms with Crippen molar-refractivity contribution in [2.24, 2.45) is 35.5 Å². The molecule has 0 aliphatic heterocycles. The predicted molar refractivity (Wildman–Crippen MR) is 85.6 cm³/mol. The summed E-state index contributed by atoms with van der Waals surface area (Å²) in [6, 6.07) is 0. The molecule has 0 aromatic carbocycles. The van der Waals surface area contributed by atoms with Crippen LogP contribution in [0.25, 0.3) is 0 Å². The van der Waals surface area contributed by atoms with E-state index in [9.17, 15) is 0 Å². The zero-order valence-corrected chi connectivity index (χ0v) is 13.4. The molecule has 0 saturated heterocycles. The van der Waals surface area contributed by atoms with Crippen molar-refractivity contribution in [1.29, 1.82) is 0 Å². The highest BCUT2D eigenvalue weighted by Crippen LogP contribution is 2.52. The third-order valence-corrected chi connectivity index (χ3v) is 7.82. The van der Waals surface area contributed by atoms with Crippen LogP contribution in [0, 0.1) is 35.5 Å². The van der Waals surface area contributed by atoms with Gasteiger partial charge in [0.05, 0.1) is 0 Å². The fourth-order valence-corrected chi connectivity index (χ4v) is 6.87. The third-order valence-electron chi connectivity index (χ3n) is 7.82. The molecule has 0 amide bonds. The lowest BCUT2D eigenvalue weighted by Gasteiger charge is -2.49. The Labute approximate surface area is 126 Å². The second-order valence-electron chi connectivity index (χ2n) is 8.68. The second-order valence-corrected chi connectivity index (χ2v) is 8.68. The highest BCUT2D eigenvalue weighted by Gasteiger charge is 2.42. The van der Waals surface area contributed by atoms with Crippen LogP contribution in [0.5, 0.6) is 0 Å². The lowest BCUT2D eigenvalue weighted by atomic mass is 9.57. The van der Waals surface area contributed by atoms with Gasteiger partial charge in [-0.05, 0) is 67.6 Å². The molecule has 0 nitrogen and oxygen atoms in total. The molecule has 0 heterocycles. The Bertz CT molecular complexity index is 318. The van der Waals surface area contributed by atoms with Crippen LogP contribution < -0.4 is 0 Å². The average molecular weight is 274 g/mol. The van der Waals surface area contributed by atoms with E-state index < -0.39 is 0 Å². The SMILES string of the molecule is C1CCC2C(C1)CCCC2[C@@H]1CC[C@H]2CCCC[C@@H]2C1. The topological polar surface area (TPSA) is 0 Å². The van der Waals surface area contributed by atoms with Crippen molar-refractivity contribution in [3.63, 3.8) is 0 Å². The third kappa shape index (κ3) is 2.57. The van der Waals surface area contributed by atoms with Crippen molar-refractivity contribution in [1.82, 2.24) is 0 Å². The Hall–Kier alpha value is 0. The zero-order valence-electron chi connectivity index (χ0n) is 13.4. The van der Waals surface area contributed by atoms with Crippen LogP contribution in [-0.2, 0) is 0 Å². The summed E-state index contributed by atoms with van der Waals surface area (Å²) in [6.45, 7) is 0. The number of rotatable bonds is 1. The molecule has 4 rings (SSSR count). The van der Waals surface area contributed by atoms with Crippen molar-refractivity contribution in [2.45, 2.75) is 89.9 Å². The van der Waals surface area contributed by atoms with Gasteiger partial charge < -0.3 is 0 Å². The van der Waals surface area contributed by atoms with Crippen molar-refractivity contribution >= 4 is 0 Å². The quantitative estimate of drug-likeness (QED) is 0.534. The van der Waals surface area contributed by atoms with Gasteiger partial charge >= 0.3 is 0 Å². The van der Waals surface area contributed by atoms with Gasteiger partial charge in [-0.2, -0.15) is 0 Å². The van der Waals surface area contributed by atoms with E-state index in [1.54, 1.807) is 89.9 Å². The van der Waals surface area contributed by atoms with Crippen LogP contribution >= 0.6 is 0 Å². The molecule has 0 heteroatoms. The Balaban J connectivity index is 1.43. The summed E-state index contributed by atoms with van der Waals surface area (Å²) in [5.74, 6) is 6.88. The number of hydrogen-bond donors (Lipinski definition) is 0. The van der Waals surface area contributed by atoms with Crippen molar-refractivity contribution in [2.75, 3.05) is 0 Å². The van der Waals surface area contributed by atoms with Gasteiger partial charge in [-0.3, -0.25) is 0 Å². The van der Waals surface area contributed by atoms with Crippen LogP contribution in [0.3, 0.4) is 0 Å². The summed E-state index contributed by atoms with van der Waals surface area (Å²) in [6.07, 6.45) is 22.1. The maximum atomic E-state index is 1.64. The minimum Gasteiger partial charge on any atom is -0.0530 e. The molecule has 0 radical (unpaired) electrons. The van der Waals surface area contributed by atoms with Gasteiger partial charge in [0.2, 0.25) is 0 Å². The largest absolute Gasteiger partial charge is 0.0530 e. The highest BCUT2D eigenvalue weighted by atomic mass is 14.5. The first-order valence-corrected chi connectivity index (χ1v) is 9.92. The van der Waals surface area contributed by atoms with Gasteiger partial charge in [-0.25, -0.2) is 0 Å². The molecule has 20 heavy (non-hydrogen) atoms. The van der Waals surface area contributed by atoms with E-state index in [0.717, 1.165) is 35.5 Å². The van der Waals surface area contributed by atoms with E-state index in [1.165, 1.54) is 0 Å². The molecule has 0 spiro atoms. The van der Waals surface area contributed by atoms with Crippen LogP contribution in [0.1, 0.15) is 89.9 Å². The van der Waals surface area contributed by atoms with Crippen LogP contribution in [-0.4, -0.2) is 0 Å². The van der Waals surface area contributed by atoms with E-state index in [0.29, 0.717) is 0 Å². The molecular formula is C20H34. The lowest BCUT2D eigenvalue weighted by molar-refractivity contribution is 0.0184. The first kappa shape index (κ1) is 13.6. The average Bonchev–Trinajstić information content (AvgIpc) is 2.54. The Kier molecular flexibility index (Phi) is 4.10. The van der Waals surface area contributed by atoms with E-state index in [-0.39, 0.29) is 0 Å². The normalized spacial score (nSPS) is 49.2. The molecule has 0 N–H and O–H groups in total. The molecule has 0 bridgehead atoms. The fraction of sp³-hybridized carbons (Fsp3) is 1.00. The van der Waals surface area contributed by atoms with Crippen LogP contribution in [0.15, 0.2) is 0 Å². The fourth-order valence-electron chi connectivity index (χ4n) is 6.87. The van der Waals surface area contributed by atoms with E-state index >= 15 is 0 Å². The molecule has 3 unspecified atom stereocenters. The van der Waals surface area contributed by atoms with Gasteiger partial charge in [0.25, 0.3) is 0 Å². The molecule has 0 aromatic heterocycles. The Morgan fingerprint density at radius 1 is 0.350 bits per heavy atom. The van der Waals surface area contributed by atoms with Gasteiger partial charge in [0, 0.05) is 0 Å². The predicted octanol–water partition coefficient (Wildman–Crippen LogP) is 6.20.